The Morgan fingerprint density at radius 2 is 1.84 bits per heavy atom. The highest BCUT2D eigenvalue weighted by Crippen LogP contribution is 2.36. The van der Waals surface area contributed by atoms with Gasteiger partial charge in [-0.1, -0.05) is 31.3 Å². The molecule has 1 saturated carbocycles. The van der Waals surface area contributed by atoms with Crippen molar-refractivity contribution in [2.45, 2.75) is 62.8 Å². The number of likely N-dealkylation sites (N-methyl/N-ethyl adjacent to an activating group) is 1. The van der Waals surface area contributed by atoms with E-state index in [1.807, 2.05) is 24.3 Å². The van der Waals surface area contributed by atoms with Crippen molar-refractivity contribution < 1.29 is 19.1 Å². The molecule has 1 N–H and O–H groups in total. The number of ether oxygens (including phenoxy) is 1. The standard InChI is InChI=1S/C26H35N7O4/c1-2-31-12-14-32(15-13-31)19-8-6-18(7-9-19)24(35)28-26(10-4-3-5-11-26)25(36)33-16-20(29-30-27)23-22(33)21(34)17-37-23/h6-9,20,22-23H,2-5,10-17H2,1H3,(H,28,35)/t20-,22-,23-/m1/s1. The zero-order valence-corrected chi connectivity index (χ0v) is 21.3. The third-order valence-corrected chi connectivity index (χ3v) is 8.40. The summed E-state index contributed by atoms with van der Waals surface area (Å²) in [6.07, 6.45) is 2.98. The van der Waals surface area contributed by atoms with Crippen LogP contribution < -0.4 is 10.2 Å². The first kappa shape index (κ1) is 25.5. The fourth-order valence-electron chi connectivity index (χ4n) is 6.27. The van der Waals surface area contributed by atoms with Crippen LogP contribution in [0.1, 0.15) is 49.4 Å². The number of nitrogens with zero attached hydrogens (tertiary/aromatic N) is 6. The maximum Gasteiger partial charge on any atom is 0.252 e. The number of benzene rings is 1. The fraction of sp³-hybridized carbons (Fsp3) is 0.654. The fourth-order valence-corrected chi connectivity index (χ4v) is 6.27. The largest absolute Gasteiger partial charge is 0.369 e. The Morgan fingerprint density at radius 1 is 1.14 bits per heavy atom. The molecule has 198 valence electrons. The van der Waals surface area contributed by atoms with E-state index in [1.54, 1.807) is 0 Å². The van der Waals surface area contributed by atoms with Crippen LogP contribution in [-0.4, -0.2) is 97.0 Å². The highest BCUT2D eigenvalue weighted by atomic mass is 16.5. The summed E-state index contributed by atoms with van der Waals surface area (Å²) in [7, 11) is 0. The minimum absolute atomic E-state index is 0.101. The van der Waals surface area contributed by atoms with Gasteiger partial charge in [0.25, 0.3) is 5.91 Å². The number of fused-ring (bicyclic) bond motifs is 1. The van der Waals surface area contributed by atoms with Gasteiger partial charge in [0.05, 0.1) is 12.1 Å². The van der Waals surface area contributed by atoms with Crippen LogP contribution in [0.3, 0.4) is 0 Å². The lowest BCUT2D eigenvalue weighted by molar-refractivity contribution is -0.143. The number of hydrogen-bond acceptors (Lipinski definition) is 7. The van der Waals surface area contributed by atoms with Crippen LogP contribution in [-0.2, 0) is 14.3 Å². The average molecular weight is 510 g/mol. The highest BCUT2D eigenvalue weighted by Gasteiger charge is 2.56. The van der Waals surface area contributed by atoms with E-state index in [-0.39, 0.29) is 30.7 Å². The number of ketones is 1. The van der Waals surface area contributed by atoms with E-state index < -0.39 is 23.7 Å². The van der Waals surface area contributed by atoms with Crippen LogP contribution in [0, 0.1) is 0 Å². The Morgan fingerprint density at radius 3 is 2.49 bits per heavy atom. The molecule has 2 amide bonds. The van der Waals surface area contributed by atoms with Crippen molar-refractivity contribution in [2.24, 2.45) is 5.11 Å². The SMILES string of the molecule is CCN1CCN(c2ccc(C(=O)NC3(C(=O)N4C[C@@H](N=[N+]=[N-])[C@H]5OCC(=O)[C@H]54)CCCCC3)cc2)CC1. The first-order chi connectivity index (χ1) is 18.0. The topological polar surface area (TPSA) is 131 Å². The van der Waals surface area contributed by atoms with Crippen LogP contribution in [0.5, 0.6) is 0 Å². The number of azide groups is 1. The van der Waals surface area contributed by atoms with Gasteiger partial charge in [0.15, 0.2) is 5.78 Å². The van der Waals surface area contributed by atoms with Crippen molar-refractivity contribution in [2.75, 3.05) is 50.8 Å². The van der Waals surface area contributed by atoms with Gasteiger partial charge in [0.1, 0.15) is 18.2 Å². The van der Waals surface area contributed by atoms with E-state index in [2.05, 4.69) is 32.1 Å². The van der Waals surface area contributed by atoms with Crippen molar-refractivity contribution in [3.63, 3.8) is 0 Å². The van der Waals surface area contributed by atoms with Crippen LogP contribution in [0.4, 0.5) is 5.69 Å². The Labute approximate surface area is 216 Å². The summed E-state index contributed by atoms with van der Waals surface area (Å²) >= 11 is 0. The highest BCUT2D eigenvalue weighted by molar-refractivity contribution is 6.01. The van der Waals surface area contributed by atoms with Crippen molar-refractivity contribution in [1.82, 2.24) is 15.1 Å². The molecule has 3 atom stereocenters. The minimum Gasteiger partial charge on any atom is -0.369 e. The molecule has 1 aromatic rings. The summed E-state index contributed by atoms with van der Waals surface area (Å²) < 4.78 is 5.58. The second-order valence-corrected chi connectivity index (χ2v) is 10.5. The molecule has 4 aliphatic rings. The zero-order chi connectivity index (χ0) is 26.0. The molecule has 1 aliphatic carbocycles. The van der Waals surface area contributed by atoms with Gasteiger partial charge in [-0.25, -0.2) is 0 Å². The number of carbonyl (C=O) groups is 3. The molecular formula is C26H35N7O4. The summed E-state index contributed by atoms with van der Waals surface area (Å²) in [6, 6.07) is 6.18. The molecule has 4 fully saturated rings. The first-order valence-corrected chi connectivity index (χ1v) is 13.4. The van der Waals surface area contributed by atoms with Crippen LogP contribution >= 0.6 is 0 Å². The molecule has 1 aromatic carbocycles. The van der Waals surface area contributed by atoms with E-state index in [9.17, 15) is 14.4 Å². The number of likely N-dealkylation sites (tertiary alicyclic amines) is 1. The predicted octanol–water partition coefficient (Wildman–Crippen LogP) is 2.12. The summed E-state index contributed by atoms with van der Waals surface area (Å²) in [5.74, 6) is -0.772. The van der Waals surface area contributed by atoms with Gasteiger partial charge in [-0.2, -0.15) is 0 Å². The molecule has 3 aliphatic heterocycles. The Balaban J connectivity index is 1.32. The summed E-state index contributed by atoms with van der Waals surface area (Å²) in [4.78, 5) is 49.1. The van der Waals surface area contributed by atoms with Crippen molar-refractivity contribution in [1.29, 1.82) is 0 Å². The number of carbonyl (C=O) groups excluding carboxylic acids is 3. The second kappa shape index (κ2) is 10.7. The first-order valence-electron chi connectivity index (χ1n) is 13.4. The van der Waals surface area contributed by atoms with Crippen LogP contribution in [0.25, 0.3) is 10.4 Å². The number of amides is 2. The maximum atomic E-state index is 14.0. The van der Waals surface area contributed by atoms with Crippen molar-refractivity contribution in [3.05, 3.63) is 40.3 Å². The molecule has 0 unspecified atom stereocenters. The number of nitrogens with one attached hydrogen (secondary N) is 1. The Kier molecular flexibility index (Phi) is 7.37. The quantitative estimate of drug-likeness (QED) is 0.355. The summed E-state index contributed by atoms with van der Waals surface area (Å²) in [5.41, 5.74) is 9.45. The number of Topliss-reactive ketones (excluding diaryl/α,β-unsaturated/α-hetero) is 1. The van der Waals surface area contributed by atoms with E-state index in [4.69, 9.17) is 10.3 Å². The molecule has 3 heterocycles. The molecular weight excluding hydrogens is 474 g/mol. The number of rotatable bonds is 6. The van der Waals surface area contributed by atoms with Gasteiger partial charge in [-0.3, -0.25) is 14.4 Å². The maximum absolute atomic E-state index is 14.0. The van der Waals surface area contributed by atoms with E-state index in [0.29, 0.717) is 18.4 Å². The molecule has 0 spiro atoms. The summed E-state index contributed by atoms with van der Waals surface area (Å²) in [5, 5.41) is 6.85. The Bertz CT molecular complexity index is 1070. The van der Waals surface area contributed by atoms with E-state index in [1.165, 1.54) is 4.90 Å². The lowest BCUT2D eigenvalue weighted by Crippen LogP contribution is -2.62. The number of anilines is 1. The van der Waals surface area contributed by atoms with Gasteiger partial charge >= 0.3 is 0 Å². The van der Waals surface area contributed by atoms with Crippen LogP contribution in [0.15, 0.2) is 29.4 Å². The lowest BCUT2D eigenvalue weighted by Gasteiger charge is -2.40. The molecule has 37 heavy (non-hydrogen) atoms. The van der Waals surface area contributed by atoms with E-state index in [0.717, 1.165) is 57.7 Å². The normalized spacial score (nSPS) is 27.5. The molecule has 0 bridgehead atoms. The van der Waals surface area contributed by atoms with Gasteiger partial charge in [-0.15, -0.1) is 0 Å². The minimum atomic E-state index is -1.09. The third-order valence-electron chi connectivity index (χ3n) is 8.40. The lowest BCUT2D eigenvalue weighted by atomic mass is 9.80. The van der Waals surface area contributed by atoms with Crippen LogP contribution in [0.2, 0.25) is 0 Å². The molecule has 0 radical (unpaired) electrons. The monoisotopic (exact) mass is 509 g/mol. The number of hydrogen-bond donors (Lipinski definition) is 1. The Hall–Kier alpha value is -3.14. The smallest absolute Gasteiger partial charge is 0.252 e. The molecule has 5 rings (SSSR count). The zero-order valence-electron chi connectivity index (χ0n) is 21.3. The predicted molar refractivity (Wildman–Crippen MR) is 137 cm³/mol. The van der Waals surface area contributed by atoms with Gasteiger partial charge < -0.3 is 24.8 Å². The number of piperazine rings is 1. The molecule has 0 aromatic heterocycles. The molecule has 11 nitrogen and oxygen atoms in total. The van der Waals surface area contributed by atoms with E-state index >= 15 is 0 Å². The molecule has 3 saturated heterocycles. The van der Waals surface area contributed by atoms with Crippen molar-refractivity contribution in [3.8, 4) is 0 Å². The second-order valence-electron chi connectivity index (χ2n) is 10.5. The van der Waals surface area contributed by atoms with Gasteiger partial charge in [0, 0.05) is 48.9 Å². The third kappa shape index (κ3) is 4.91. The van der Waals surface area contributed by atoms with Crippen molar-refractivity contribution >= 4 is 23.3 Å². The van der Waals surface area contributed by atoms with Gasteiger partial charge in [0.2, 0.25) is 5.91 Å². The average Bonchev–Trinajstić information content (AvgIpc) is 3.49. The van der Waals surface area contributed by atoms with Gasteiger partial charge in [-0.05, 0) is 49.2 Å². The molecule has 11 heteroatoms. The summed E-state index contributed by atoms with van der Waals surface area (Å²) in [6.45, 7) is 7.19.